The van der Waals surface area contributed by atoms with Gasteiger partial charge in [0.05, 0.1) is 0 Å². The fourth-order valence-corrected chi connectivity index (χ4v) is 4.20. The largest absolute Gasteiger partial charge is 0.414 e. The van der Waals surface area contributed by atoms with Gasteiger partial charge < -0.3 is 4.43 Å². The van der Waals surface area contributed by atoms with Crippen molar-refractivity contribution in [3.05, 3.63) is 60.2 Å². The van der Waals surface area contributed by atoms with Crippen molar-refractivity contribution in [2.24, 2.45) is 0 Å². The van der Waals surface area contributed by atoms with E-state index in [1.807, 2.05) is 13.2 Å². The molecule has 0 aromatic heterocycles. The van der Waals surface area contributed by atoms with Crippen LogP contribution in [0, 0.1) is 6.92 Å². The van der Waals surface area contributed by atoms with Crippen LogP contribution in [0.1, 0.15) is 5.56 Å². The second-order valence-electron chi connectivity index (χ2n) is 3.88. The van der Waals surface area contributed by atoms with E-state index in [1.54, 1.807) is 0 Å². The van der Waals surface area contributed by atoms with Gasteiger partial charge in [-0.15, -0.1) is 0 Å². The average molecular weight is 228 g/mol. The molecular formula is C14H16OSi. The third-order valence-electron chi connectivity index (χ3n) is 2.81. The molecule has 1 unspecified atom stereocenters. The molecule has 0 N–H and O–H groups in total. The van der Waals surface area contributed by atoms with E-state index in [0.717, 1.165) is 0 Å². The Morgan fingerprint density at radius 3 is 2.12 bits per heavy atom. The van der Waals surface area contributed by atoms with Gasteiger partial charge in [-0.25, -0.2) is 0 Å². The second-order valence-corrected chi connectivity index (χ2v) is 6.40. The van der Waals surface area contributed by atoms with Gasteiger partial charge in [0, 0.05) is 7.11 Å². The summed E-state index contributed by atoms with van der Waals surface area (Å²) < 4.78 is 5.74. The van der Waals surface area contributed by atoms with Gasteiger partial charge in [-0.05, 0) is 22.9 Å². The molecule has 0 aliphatic rings. The molecule has 82 valence electrons. The van der Waals surface area contributed by atoms with Crippen LogP contribution < -0.4 is 10.4 Å². The zero-order valence-electron chi connectivity index (χ0n) is 9.68. The number of benzene rings is 2. The molecule has 0 aliphatic heterocycles. The maximum absolute atomic E-state index is 5.74. The SMILES string of the molecule is CO[SiH](c1ccccc1)c1ccccc1C. The van der Waals surface area contributed by atoms with Gasteiger partial charge >= 0.3 is 0 Å². The smallest absolute Gasteiger partial charge is 0.239 e. The topological polar surface area (TPSA) is 9.23 Å². The van der Waals surface area contributed by atoms with Crippen LogP contribution >= 0.6 is 0 Å². The van der Waals surface area contributed by atoms with Crippen LogP contribution in [0.25, 0.3) is 0 Å². The number of aryl methyl sites for hydroxylation is 1. The standard InChI is InChI=1S/C14H16OSi/c1-12-8-6-7-11-14(12)16(15-2)13-9-4-3-5-10-13/h3-11,16H,1-2H3. The van der Waals surface area contributed by atoms with Crippen LogP contribution in [-0.2, 0) is 4.43 Å². The number of rotatable bonds is 3. The normalized spacial score (nSPS) is 12.4. The highest BCUT2D eigenvalue weighted by molar-refractivity contribution is 6.80. The van der Waals surface area contributed by atoms with E-state index in [1.165, 1.54) is 15.9 Å². The minimum absolute atomic E-state index is 1.32. The van der Waals surface area contributed by atoms with E-state index in [4.69, 9.17) is 4.43 Å². The first-order chi connectivity index (χ1) is 7.83. The molecule has 0 fully saturated rings. The first-order valence-electron chi connectivity index (χ1n) is 5.46. The lowest BCUT2D eigenvalue weighted by Crippen LogP contribution is -2.45. The van der Waals surface area contributed by atoms with Gasteiger partial charge in [0.1, 0.15) is 0 Å². The zero-order chi connectivity index (χ0) is 11.4. The van der Waals surface area contributed by atoms with Crippen molar-refractivity contribution in [2.75, 3.05) is 7.11 Å². The molecule has 0 amide bonds. The minimum Gasteiger partial charge on any atom is -0.414 e. The number of hydrogen-bond acceptors (Lipinski definition) is 1. The zero-order valence-corrected chi connectivity index (χ0v) is 10.8. The monoisotopic (exact) mass is 228 g/mol. The van der Waals surface area contributed by atoms with Gasteiger partial charge in [-0.2, -0.15) is 0 Å². The van der Waals surface area contributed by atoms with Gasteiger partial charge in [-0.1, -0.05) is 54.6 Å². The highest BCUT2D eigenvalue weighted by atomic mass is 28.3. The molecule has 0 heterocycles. The van der Waals surface area contributed by atoms with Crippen LogP contribution in [0.3, 0.4) is 0 Å². The Kier molecular flexibility index (Phi) is 3.54. The summed E-state index contributed by atoms with van der Waals surface area (Å²) in [7, 11) is 0.347. The van der Waals surface area contributed by atoms with E-state index in [2.05, 4.69) is 55.5 Å². The van der Waals surface area contributed by atoms with Crippen molar-refractivity contribution < 1.29 is 4.43 Å². The third-order valence-corrected chi connectivity index (χ3v) is 5.48. The Labute approximate surface area is 98.4 Å². The van der Waals surface area contributed by atoms with Crippen LogP contribution in [0.4, 0.5) is 0 Å². The molecule has 2 heteroatoms. The van der Waals surface area contributed by atoms with Crippen molar-refractivity contribution in [1.82, 2.24) is 0 Å². The van der Waals surface area contributed by atoms with E-state index in [0.29, 0.717) is 0 Å². The Balaban J connectivity index is 2.41. The van der Waals surface area contributed by atoms with Crippen LogP contribution in [0.2, 0.25) is 0 Å². The van der Waals surface area contributed by atoms with E-state index in [9.17, 15) is 0 Å². The minimum atomic E-state index is -1.47. The van der Waals surface area contributed by atoms with E-state index >= 15 is 0 Å². The summed E-state index contributed by atoms with van der Waals surface area (Å²) in [5.74, 6) is 0. The molecule has 1 nitrogen and oxygen atoms in total. The van der Waals surface area contributed by atoms with Gasteiger partial charge in [0.15, 0.2) is 0 Å². The molecule has 0 saturated carbocycles. The summed E-state index contributed by atoms with van der Waals surface area (Å²) in [6.45, 7) is 2.15. The molecule has 2 rings (SSSR count). The Morgan fingerprint density at radius 2 is 1.50 bits per heavy atom. The molecular weight excluding hydrogens is 212 g/mol. The van der Waals surface area contributed by atoms with Crippen LogP contribution in [-0.4, -0.2) is 16.2 Å². The average Bonchev–Trinajstić information content (AvgIpc) is 2.34. The summed E-state index contributed by atoms with van der Waals surface area (Å²) in [5, 5.41) is 2.70. The van der Waals surface area contributed by atoms with Crippen molar-refractivity contribution in [2.45, 2.75) is 6.92 Å². The third kappa shape index (κ3) is 2.23. The Hall–Kier alpha value is -1.38. The van der Waals surface area contributed by atoms with Crippen molar-refractivity contribution >= 4 is 19.4 Å². The summed E-state index contributed by atoms with van der Waals surface area (Å²) in [4.78, 5) is 0. The molecule has 0 spiro atoms. The highest BCUT2D eigenvalue weighted by Crippen LogP contribution is 1.98. The van der Waals surface area contributed by atoms with Gasteiger partial charge in [-0.3, -0.25) is 0 Å². The first-order valence-corrected chi connectivity index (χ1v) is 7.09. The van der Waals surface area contributed by atoms with Gasteiger partial charge in [0.2, 0.25) is 9.04 Å². The fourth-order valence-electron chi connectivity index (χ4n) is 1.95. The van der Waals surface area contributed by atoms with Crippen LogP contribution in [0.5, 0.6) is 0 Å². The number of hydrogen-bond donors (Lipinski definition) is 0. The molecule has 0 aliphatic carbocycles. The molecule has 0 bridgehead atoms. The first kappa shape index (κ1) is 11.1. The van der Waals surface area contributed by atoms with Crippen molar-refractivity contribution in [1.29, 1.82) is 0 Å². The van der Waals surface area contributed by atoms with Crippen molar-refractivity contribution in [3.8, 4) is 0 Å². The van der Waals surface area contributed by atoms with Crippen LogP contribution in [0.15, 0.2) is 54.6 Å². The van der Waals surface area contributed by atoms with E-state index < -0.39 is 9.04 Å². The summed E-state index contributed by atoms with van der Waals surface area (Å²) in [5.41, 5.74) is 1.32. The molecule has 0 radical (unpaired) electrons. The Morgan fingerprint density at radius 1 is 0.875 bits per heavy atom. The predicted octanol–water partition coefficient (Wildman–Crippen LogP) is 1.48. The lowest BCUT2D eigenvalue weighted by atomic mass is 10.2. The fraction of sp³-hybridized carbons (Fsp3) is 0.143. The maximum Gasteiger partial charge on any atom is 0.239 e. The highest BCUT2D eigenvalue weighted by Gasteiger charge is 2.17. The maximum atomic E-state index is 5.74. The van der Waals surface area contributed by atoms with Gasteiger partial charge in [0.25, 0.3) is 0 Å². The Bertz CT molecular complexity index is 453. The molecule has 2 aromatic rings. The molecule has 16 heavy (non-hydrogen) atoms. The lowest BCUT2D eigenvalue weighted by Gasteiger charge is -2.16. The summed E-state index contributed by atoms with van der Waals surface area (Å²) in [6.07, 6.45) is 0. The van der Waals surface area contributed by atoms with E-state index in [-0.39, 0.29) is 0 Å². The lowest BCUT2D eigenvalue weighted by molar-refractivity contribution is 0.439. The summed E-state index contributed by atoms with van der Waals surface area (Å²) in [6, 6.07) is 19.0. The second kappa shape index (κ2) is 5.10. The molecule has 2 aromatic carbocycles. The van der Waals surface area contributed by atoms with Crippen molar-refractivity contribution in [3.63, 3.8) is 0 Å². The molecule has 0 saturated heterocycles. The predicted molar refractivity (Wildman–Crippen MR) is 71.0 cm³/mol. The quantitative estimate of drug-likeness (QED) is 0.723. The summed E-state index contributed by atoms with van der Waals surface area (Å²) >= 11 is 0. The molecule has 1 atom stereocenters.